The molecule has 0 heterocycles. The molecule has 3 aliphatic rings. The molecule has 3 rings (SSSR count). The Hall–Kier alpha value is -0.560. The minimum absolute atomic E-state index is 0.545. The van der Waals surface area contributed by atoms with E-state index >= 15 is 0 Å². The Morgan fingerprint density at radius 1 is 1.62 bits per heavy atom. The standard InChI is InChI=1S/C12H19N/c1-12(2)10-6-5-9(4-3-7-13)11(12)8-10/h3-5,10-11H,6-8,13H2,1-2H3/b4-3+. The fourth-order valence-electron chi connectivity index (χ4n) is 2.79. The molecule has 0 radical (unpaired) electrons. The lowest BCUT2D eigenvalue weighted by atomic mass is 9.49. The quantitative estimate of drug-likeness (QED) is 0.689. The smallest absolute Gasteiger partial charge is 0.0110 e. The predicted octanol–water partition coefficient (Wildman–Crippen LogP) is 2.49. The average Bonchev–Trinajstić information content (AvgIpc) is 2.14. The van der Waals surface area contributed by atoms with Gasteiger partial charge in [-0.15, -0.1) is 0 Å². The van der Waals surface area contributed by atoms with Crippen LogP contribution in [0.2, 0.25) is 0 Å². The zero-order valence-electron chi connectivity index (χ0n) is 8.59. The third kappa shape index (κ3) is 1.26. The van der Waals surface area contributed by atoms with Gasteiger partial charge in [-0.3, -0.25) is 0 Å². The maximum Gasteiger partial charge on any atom is 0.0110 e. The molecule has 2 N–H and O–H groups in total. The van der Waals surface area contributed by atoms with Crippen LogP contribution in [0.3, 0.4) is 0 Å². The Balaban J connectivity index is 2.14. The molecule has 1 nitrogen and oxygen atoms in total. The van der Waals surface area contributed by atoms with Gasteiger partial charge in [0, 0.05) is 6.54 Å². The lowest BCUT2D eigenvalue weighted by Gasteiger charge is -2.56. The average molecular weight is 177 g/mol. The molecule has 1 fully saturated rings. The summed E-state index contributed by atoms with van der Waals surface area (Å²) in [5.41, 5.74) is 7.53. The Morgan fingerprint density at radius 2 is 2.38 bits per heavy atom. The lowest BCUT2D eigenvalue weighted by molar-refractivity contribution is -0.00330. The van der Waals surface area contributed by atoms with Gasteiger partial charge < -0.3 is 5.73 Å². The van der Waals surface area contributed by atoms with E-state index in [1.54, 1.807) is 0 Å². The van der Waals surface area contributed by atoms with E-state index in [2.05, 4.69) is 32.1 Å². The topological polar surface area (TPSA) is 26.0 Å². The van der Waals surface area contributed by atoms with Crippen molar-refractivity contribution in [3.05, 3.63) is 23.8 Å². The molecule has 0 aromatic heterocycles. The van der Waals surface area contributed by atoms with Crippen LogP contribution in [-0.2, 0) is 0 Å². The van der Waals surface area contributed by atoms with Gasteiger partial charge in [-0.25, -0.2) is 0 Å². The van der Waals surface area contributed by atoms with Crippen LogP contribution in [0.5, 0.6) is 0 Å². The Labute approximate surface area is 80.7 Å². The van der Waals surface area contributed by atoms with E-state index in [0.717, 1.165) is 11.8 Å². The van der Waals surface area contributed by atoms with E-state index in [4.69, 9.17) is 5.73 Å². The van der Waals surface area contributed by atoms with Crippen molar-refractivity contribution >= 4 is 0 Å². The van der Waals surface area contributed by atoms with Crippen LogP contribution in [0.25, 0.3) is 0 Å². The number of hydrogen-bond acceptors (Lipinski definition) is 1. The summed E-state index contributed by atoms with van der Waals surface area (Å²) >= 11 is 0. The zero-order chi connectivity index (χ0) is 9.47. The van der Waals surface area contributed by atoms with Crippen LogP contribution >= 0.6 is 0 Å². The van der Waals surface area contributed by atoms with E-state index in [9.17, 15) is 0 Å². The molecule has 3 aliphatic carbocycles. The highest BCUT2D eigenvalue weighted by Crippen LogP contribution is 2.59. The minimum atomic E-state index is 0.545. The summed E-state index contributed by atoms with van der Waals surface area (Å²) in [4.78, 5) is 0. The van der Waals surface area contributed by atoms with Crippen molar-refractivity contribution in [2.75, 3.05) is 6.54 Å². The summed E-state index contributed by atoms with van der Waals surface area (Å²) in [5.74, 6) is 1.74. The molecule has 1 saturated carbocycles. The molecule has 0 amide bonds. The molecule has 2 bridgehead atoms. The SMILES string of the molecule is CC1(C)C2CC=C(/C=C/CN)C1C2. The van der Waals surface area contributed by atoms with Gasteiger partial charge in [0.15, 0.2) is 0 Å². The minimum Gasteiger partial charge on any atom is -0.327 e. The molecular weight excluding hydrogens is 158 g/mol. The normalized spacial score (nSPS) is 35.8. The van der Waals surface area contributed by atoms with Gasteiger partial charge in [0.05, 0.1) is 0 Å². The molecule has 1 heteroatoms. The lowest BCUT2D eigenvalue weighted by Crippen LogP contribution is -2.47. The highest BCUT2D eigenvalue weighted by Gasteiger charge is 2.50. The van der Waals surface area contributed by atoms with Crippen molar-refractivity contribution in [1.29, 1.82) is 0 Å². The number of nitrogens with two attached hydrogens (primary N) is 1. The maximum atomic E-state index is 5.46. The van der Waals surface area contributed by atoms with E-state index in [0.29, 0.717) is 12.0 Å². The van der Waals surface area contributed by atoms with Gasteiger partial charge >= 0.3 is 0 Å². The van der Waals surface area contributed by atoms with Crippen molar-refractivity contribution in [2.24, 2.45) is 23.0 Å². The Bertz CT molecular complexity index is 260. The van der Waals surface area contributed by atoms with Crippen LogP contribution < -0.4 is 5.73 Å². The Morgan fingerprint density at radius 3 is 2.92 bits per heavy atom. The summed E-state index contributed by atoms with van der Waals surface area (Å²) in [6.07, 6.45) is 9.36. The summed E-state index contributed by atoms with van der Waals surface area (Å²) in [7, 11) is 0. The second-order valence-electron chi connectivity index (χ2n) is 4.88. The molecule has 0 spiro atoms. The zero-order valence-corrected chi connectivity index (χ0v) is 8.59. The van der Waals surface area contributed by atoms with Crippen LogP contribution in [0, 0.1) is 17.3 Å². The van der Waals surface area contributed by atoms with Gasteiger partial charge in [-0.1, -0.05) is 32.1 Å². The number of fused-ring (bicyclic) bond motifs is 1. The van der Waals surface area contributed by atoms with Crippen molar-refractivity contribution in [2.45, 2.75) is 26.7 Å². The first-order valence-corrected chi connectivity index (χ1v) is 5.23. The van der Waals surface area contributed by atoms with Crippen LogP contribution in [-0.4, -0.2) is 6.54 Å². The largest absolute Gasteiger partial charge is 0.327 e. The maximum absolute atomic E-state index is 5.46. The first-order valence-electron chi connectivity index (χ1n) is 5.23. The van der Waals surface area contributed by atoms with E-state index < -0.39 is 0 Å². The Kier molecular flexibility index (Phi) is 2.07. The van der Waals surface area contributed by atoms with Crippen molar-refractivity contribution in [3.8, 4) is 0 Å². The van der Waals surface area contributed by atoms with E-state index in [1.807, 2.05) is 0 Å². The van der Waals surface area contributed by atoms with Gasteiger partial charge in [0.2, 0.25) is 0 Å². The molecule has 13 heavy (non-hydrogen) atoms. The van der Waals surface area contributed by atoms with Crippen LogP contribution in [0.15, 0.2) is 23.8 Å². The fraction of sp³-hybridized carbons (Fsp3) is 0.667. The van der Waals surface area contributed by atoms with Gasteiger partial charge in [0.25, 0.3) is 0 Å². The van der Waals surface area contributed by atoms with Gasteiger partial charge in [-0.05, 0) is 35.7 Å². The molecule has 0 aromatic carbocycles. The molecule has 2 unspecified atom stereocenters. The van der Waals surface area contributed by atoms with E-state index in [-0.39, 0.29) is 0 Å². The molecular formula is C12H19N. The highest BCUT2D eigenvalue weighted by molar-refractivity contribution is 5.31. The van der Waals surface area contributed by atoms with Crippen LogP contribution in [0.1, 0.15) is 26.7 Å². The van der Waals surface area contributed by atoms with Crippen molar-refractivity contribution in [1.82, 2.24) is 0 Å². The number of allylic oxidation sites excluding steroid dienone is 3. The number of hydrogen-bond donors (Lipinski definition) is 1. The second-order valence-corrected chi connectivity index (χ2v) is 4.88. The van der Waals surface area contributed by atoms with E-state index in [1.165, 1.54) is 18.4 Å². The van der Waals surface area contributed by atoms with Gasteiger partial charge in [-0.2, -0.15) is 0 Å². The third-order valence-corrected chi connectivity index (χ3v) is 3.96. The monoisotopic (exact) mass is 177 g/mol. The predicted molar refractivity (Wildman–Crippen MR) is 56.3 cm³/mol. The molecule has 2 atom stereocenters. The summed E-state index contributed by atoms with van der Waals surface area (Å²) in [6, 6.07) is 0. The fourth-order valence-corrected chi connectivity index (χ4v) is 2.79. The molecule has 0 aliphatic heterocycles. The molecule has 0 saturated heterocycles. The van der Waals surface area contributed by atoms with Gasteiger partial charge in [0.1, 0.15) is 0 Å². The first-order chi connectivity index (χ1) is 6.16. The summed E-state index contributed by atoms with van der Waals surface area (Å²) in [6.45, 7) is 5.46. The molecule has 72 valence electrons. The second kappa shape index (κ2) is 2.98. The first kappa shape index (κ1) is 9.01. The number of rotatable bonds is 2. The highest BCUT2D eigenvalue weighted by atomic mass is 14.5. The van der Waals surface area contributed by atoms with Crippen molar-refractivity contribution < 1.29 is 0 Å². The van der Waals surface area contributed by atoms with Crippen LogP contribution in [0.4, 0.5) is 0 Å². The summed E-state index contributed by atoms with van der Waals surface area (Å²) < 4.78 is 0. The summed E-state index contributed by atoms with van der Waals surface area (Å²) in [5, 5.41) is 0. The molecule has 0 aromatic rings. The van der Waals surface area contributed by atoms with Crippen molar-refractivity contribution in [3.63, 3.8) is 0 Å². The third-order valence-electron chi connectivity index (χ3n) is 3.96.